The van der Waals surface area contributed by atoms with Crippen molar-refractivity contribution >= 4 is 28.7 Å². The highest BCUT2D eigenvalue weighted by atomic mass is 32.1. The van der Waals surface area contributed by atoms with Crippen LogP contribution < -0.4 is 19.9 Å². The molecule has 0 fully saturated rings. The largest absolute Gasteiger partial charge is 0.457 e. The van der Waals surface area contributed by atoms with Crippen LogP contribution in [0.25, 0.3) is 0 Å². The van der Waals surface area contributed by atoms with Crippen LogP contribution in [0.15, 0.2) is 54.3 Å². The van der Waals surface area contributed by atoms with Crippen molar-refractivity contribution in [2.75, 3.05) is 43.5 Å². The van der Waals surface area contributed by atoms with Crippen LogP contribution in [0.2, 0.25) is 0 Å². The van der Waals surface area contributed by atoms with Crippen LogP contribution in [-0.4, -0.2) is 54.7 Å². The van der Waals surface area contributed by atoms with Gasteiger partial charge in [-0.25, -0.2) is 9.97 Å². The summed E-state index contributed by atoms with van der Waals surface area (Å²) in [5.41, 5.74) is 1.15. The number of benzene rings is 1. The molecule has 1 unspecified atom stereocenters. The maximum atomic E-state index is 13.2. The highest BCUT2D eigenvalue weighted by molar-refractivity contribution is 7.10. The van der Waals surface area contributed by atoms with Gasteiger partial charge in [0.1, 0.15) is 23.5 Å². The molecule has 1 amide bonds. The molecule has 31 heavy (non-hydrogen) atoms. The van der Waals surface area contributed by atoms with E-state index in [1.807, 2.05) is 48.6 Å². The average molecular weight is 440 g/mol. The van der Waals surface area contributed by atoms with Crippen LogP contribution in [0.3, 0.4) is 0 Å². The van der Waals surface area contributed by atoms with Crippen LogP contribution in [0, 0.1) is 0 Å². The molecule has 0 radical (unpaired) electrons. The Bertz CT molecular complexity index is 1050. The molecule has 0 bridgehead atoms. The highest BCUT2D eigenvalue weighted by Crippen LogP contribution is 2.34. The van der Waals surface area contributed by atoms with Crippen LogP contribution >= 0.6 is 11.3 Å². The summed E-state index contributed by atoms with van der Waals surface area (Å²) < 4.78 is 6.09. The van der Waals surface area contributed by atoms with Crippen molar-refractivity contribution in [3.8, 4) is 5.75 Å². The first-order valence-corrected chi connectivity index (χ1v) is 10.9. The van der Waals surface area contributed by atoms with Crippen LogP contribution in [0.4, 0.5) is 11.5 Å². The number of hydrogen-bond donors (Lipinski definition) is 2. The van der Waals surface area contributed by atoms with Gasteiger partial charge in [0.05, 0.1) is 4.88 Å². The van der Waals surface area contributed by atoms with E-state index in [1.54, 1.807) is 23.2 Å². The number of ether oxygens (including phenoxy) is 1. The molecule has 8 nitrogen and oxygen atoms in total. The molecule has 2 N–H and O–H groups in total. The lowest BCUT2D eigenvalue weighted by Crippen LogP contribution is -2.35. The zero-order valence-corrected chi connectivity index (χ0v) is 18.3. The van der Waals surface area contributed by atoms with E-state index >= 15 is 0 Å². The molecule has 1 atom stereocenters. The Morgan fingerprint density at radius 1 is 1.29 bits per heavy atom. The topological polar surface area (TPSA) is 90.8 Å². The van der Waals surface area contributed by atoms with E-state index in [4.69, 9.17) is 4.74 Å². The number of carbonyl (C=O) groups is 1. The zero-order chi connectivity index (χ0) is 21.8. The van der Waals surface area contributed by atoms with E-state index in [1.165, 1.54) is 17.7 Å². The number of likely N-dealkylation sites (N-methyl/N-ethyl adjacent to an activating group) is 1. The molecule has 9 heteroatoms. The van der Waals surface area contributed by atoms with E-state index in [0.29, 0.717) is 48.9 Å². The molecule has 4 rings (SSSR count). The number of nitrogens with zero attached hydrogens (tertiary/aromatic N) is 4. The normalized spacial score (nSPS) is 15.9. The van der Waals surface area contributed by atoms with Crippen molar-refractivity contribution in [1.82, 2.24) is 15.3 Å². The maximum absolute atomic E-state index is 13.2. The summed E-state index contributed by atoms with van der Waals surface area (Å²) in [7, 11) is 3.74. The number of thiophene rings is 1. The van der Waals surface area contributed by atoms with Gasteiger partial charge in [0.25, 0.3) is 5.91 Å². The molecule has 1 aliphatic rings. The van der Waals surface area contributed by atoms with Gasteiger partial charge in [0, 0.05) is 51.1 Å². The third-order valence-electron chi connectivity index (χ3n) is 5.22. The van der Waals surface area contributed by atoms with Gasteiger partial charge in [-0.05, 0) is 30.6 Å². The van der Waals surface area contributed by atoms with Gasteiger partial charge in [-0.1, -0.05) is 12.1 Å². The van der Waals surface area contributed by atoms with E-state index in [9.17, 15) is 9.90 Å². The molecule has 0 spiro atoms. The number of anilines is 2. The van der Waals surface area contributed by atoms with E-state index < -0.39 is 5.79 Å². The highest BCUT2D eigenvalue weighted by Gasteiger charge is 2.33. The first-order chi connectivity index (χ1) is 15.0. The number of aliphatic hydroxyl groups is 1. The fourth-order valence-electron chi connectivity index (χ4n) is 3.56. The van der Waals surface area contributed by atoms with Gasteiger partial charge in [-0.15, -0.1) is 11.3 Å². The lowest BCUT2D eigenvalue weighted by Gasteiger charge is -2.29. The van der Waals surface area contributed by atoms with Crippen LogP contribution in [-0.2, 0) is 5.79 Å². The Morgan fingerprint density at radius 3 is 2.94 bits per heavy atom. The third-order valence-corrected chi connectivity index (χ3v) is 6.23. The fraction of sp³-hybridized carbons (Fsp3) is 0.318. The number of fused-ring (bicyclic) bond motifs is 1. The van der Waals surface area contributed by atoms with Crippen molar-refractivity contribution in [1.29, 1.82) is 0 Å². The van der Waals surface area contributed by atoms with Crippen LogP contribution in [0.1, 0.15) is 21.7 Å². The van der Waals surface area contributed by atoms with Crippen molar-refractivity contribution in [3.05, 3.63) is 64.7 Å². The molecule has 0 saturated carbocycles. The fourth-order valence-corrected chi connectivity index (χ4v) is 4.35. The first-order valence-electron chi connectivity index (χ1n) is 10.0. The molecule has 1 aliphatic heterocycles. The molecule has 3 heterocycles. The Labute approximate surface area is 185 Å². The molecule has 1 aromatic carbocycles. The minimum absolute atomic E-state index is 0.166. The number of hydrogen-bond acceptors (Lipinski definition) is 8. The minimum atomic E-state index is -1.46. The molecular formula is C22H25N5O3S. The Kier molecular flexibility index (Phi) is 6.17. The predicted octanol–water partition coefficient (Wildman–Crippen LogP) is 2.47. The standard InChI is InChI=1S/C22H25N5O3S/c1-23-9-8-22(29,19-7-4-12-31-19)30-17-6-3-5-16(13-17)27-11-10-26(2)20-18(21(27)28)14-24-15-25-20/h3-7,12-15,23,29H,8-11H2,1-2H3. The SMILES string of the molecule is CNCCC(O)(Oc1cccc(N2CCN(C)c3ncncc3C2=O)c1)c1cccs1. The molecular weight excluding hydrogens is 414 g/mol. The molecule has 0 aliphatic carbocycles. The summed E-state index contributed by atoms with van der Waals surface area (Å²) in [5, 5.41) is 16.2. The quantitative estimate of drug-likeness (QED) is 0.547. The number of aromatic nitrogens is 2. The number of nitrogens with one attached hydrogen (secondary N) is 1. The Balaban J connectivity index is 1.63. The third kappa shape index (κ3) is 4.39. The Morgan fingerprint density at radius 2 is 2.16 bits per heavy atom. The van der Waals surface area contributed by atoms with Crippen molar-refractivity contribution in [3.63, 3.8) is 0 Å². The van der Waals surface area contributed by atoms with E-state index in [-0.39, 0.29) is 5.91 Å². The van der Waals surface area contributed by atoms with Gasteiger partial charge in [-0.3, -0.25) is 4.79 Å². The van der Waals surface area contributed by atoms with E-state index in [0.717, 1.165) is 4.88 Å². The first kappa shape index (κ1) is 21.2. The predicted molar refractivity (Wildman–Crippen MR) is 121 cm³/mol. The summed E-state index contributed by atoms with van der Waals surface area (Å²) in [5.74, 6) is -0.520. The summed E-state index contributed by atoms with van der Waals surface area (Å²) in [6.45, 7) is 1.70. The summed E-state index contributed by atoms with van der Waals surface area (Å²) in [6, 6.07) is 11.0. The molecule has 2 aromatic heterocycles. The minimum Gasteiger partial charge on any atom is -0.457 e. The Hall–Kier alpha value is -3.01. The molecule has 0 saturated heterocycles. The summed E-state index contributed by atoms with van der Waals surface area (Å²) >= 11 is 1.44. The zero-order valence-electron chi connectivity index (χ0n) is 17.5. The van der Waals surface area contributed by atoms with Crippen molar-refractivity contribution in [2.45, 2.75) is 12.2 Å². The second kappa shape index (κ2) is 9.01. The monoisotopic (exact) mass is 439 g/mol. The van der Waals surface area contributed by atoms with Gasteiger partial charge in [0.2, 0.25) is 5.79 Å². The van der Waals surface area contributed by atoms with Gasteiger partial charge < -0.3 is 25.0 Å². The number of rotatable bonds is 7. The van der Waals surface area contributed by atoms with E-state index in [2.05, 4.69) is 15.3 Å². The summed E-state index contributed by atoms with van der Waals surface area (Å²) in [4.78, 5) is 25.9. The molecule has 162 valence electrons. The lowest BCUT2D eigenvalue weighted by atomic mass is 10.1. The van der Waals surface area contributed by atoms with Gasteiger partial charge >= 0.3 is 0 Å². The second-order valence-electron chi connectivity index (χ2n) is 7.35. The average Bonchev–Trinajstić information content (AvgIpc) is 3.30. The molecule has 3 aromatic rings. The summed E-state index contributed by atoms with van der Waals surface area (Å²) in [6.07, 6.45) is 3.38. The van der Waals surface area contributed by atoms with Crippen molar-refractivity contribution in [2.24, 2.45) is 0 Å². The number of carbonyl (C=O) groups excluding carboxylic acids is 1. The lowest BCUT2D eigenvalue weighted by molar-refractivity contribution is -0.147. The second-order valence-corrected chi connectivity index (χ2v) is 8.30. The van der Waals surface area contributed by atoms with Crippen LogP contribution in [0.5, 0.6) is 5.75 Å². The van der Waals surface area contributed by atoms with Gasteiger partial charge in [-0.2, -0.15) is 0 Å². The maximum Gasteiger partial charge on any atom is 0.263 e. The smallest absolute Gasteiger partial charge is 0.263 e. The van der Waals surface area contributed by atoms with Crippen molar-refractivity contribution < 1.29 is 14.6 Å². The number of amides is 1. The van der Waals surface area contributed by atoms with Gasteiger partial charge in [0.15, 0.2) is 0 Å².